The SMILES string of the molecule is CC(C)=C(F)C(N)=O.CN1CCC1.O=C(Nc1ccc(-c2cc3c(N4CCOCC4)ncnc3[nH]2)cc1)c1cc(CN2CCCCC2)ccn1. The fourth-order valence-electron chi connectivity index (χ4n) is 5.83. The molecule has 0 atom stereocenters. The number of benzene rings is 1. The minimum atomic E-state index is -0.995. The molecule has 3 fully saturated rings. The zero-order valence-corrected chi connectivity index (χ0v) is 29.3. The first-order valence-electron chi connectivity index (χ1n) is 17.2. The Balaban J connectivity index is 0.000000316. The minimum absolute atomic E-state index is 0.204. The third-order valence-corrected chi connectivity index (χ3v) is 8.82. The van der Waals surface area contributed by atoms with Crippen molar-refractivity contribution in [2.24, 2.45) is 5.73 Å². The van der Waals surface area contributed by atoms with Gasteiger partial charge in [0.05, 0.1) is 18.6 Å². The van der Waals surface area contributed by atoms with E-state index in [0.717, 1.165) is 72.1 Å². The summed E-state index contributed by atoms with van der Waals surface area (Å²) >= 11 is 0. The number of aromatic nitrogens is 4. The Bertz CT molecular complexity index is 1760. The van der Waals surface area contributed by atoms with Gasteiger partial charge >= 0.3 is 0 Å². The Kier molecular flexibility index (Phi) is 13.0. The molecule has 3 saturated heterocycles. The highest BCUT2D eigenvalue weighted by Gasteiger charge is 2.18. The number of carbonyl (C=O) groups is 2. The van der Waals surface area contributed by atoms with E-state index in [1.54, 1.807) is 12.5 Å². The van der Waals surface area contributed by atoms with Crippen molar-refractivity contribution >= 4 is 34.4 Å². The molecule has 0 unspecified atom stereocenters. The van der Waals surface area contributed by atoms with Gasteiger partial charge in [0.25, 0.3) is 11.8 Å². The van der Waals surface area contributed by atoms with Crippen molar-refractivity contribution in [2.45, 2.75) is 46.1 Å². The van der Waals surface area contributed by atoms with Gasteiger partial charge in [-0.25, -0.2) is 14.4 Å². The Hall–Kier alpha value is -4.72. The van der Waals surface area contributed by atoms with Crippen LogP contribution in [0.1, 0.15) is 55.6 Å². The number of H-pyrrole nitrogens is 1. The molecule has 0 aliphatic carbocycles. The number of nitrogens with zero attached hydrogens (tertiary/aromatic N) is 6. The molecular weight excluding hydrogens is 637 g/mol. The van der Waals surface area contributed by atoms with Gasteiger partial charge in [-0.3, -0.25) is 19.5 Å². The van der Waals surface area contributed by atoms with Crippen LogP contribution in [0.3, 0.4) is 0 Å². The number of hydrogen-bond acceptors (Lipinski definition) is 9. The first kappa shape index (κ1) is 36.6. The summed E-state index contributed by atoms with van der Waals surface area (Å²) in [7, 11) is 2.14. The third kappa shape index (κ3) is 10.2. The van der Waals surface area contributed by atoms with E-state index in [2.05, 4.69) is 58.8 Å². The van der Waals surface area contributed by atoms with Crippen LogP contribution in [-0.4, -0.2) is 101 Å². The van der Waals surface area contributed by atoms with E-state index in [4.69, 9.17) is 4.74 Å². The van der Waals surface area contributed by atoms with E-state index in [0.29, 0.717) is 24.5 Å². The first-order chi connectivity index (χ1) is 24.2. The van der Waals surface area contributed by atoms with Crippen molar-refractivity contribution in [2.75, 3.05) is 69.7 Å². The average Bonchev–Trinajstić information content (AvgIpc) is 3.57. The van der Waals surface area contributed by atoms with Gasteiger partial charge in [-0.15, -0.1) is 0 Å². The van der Waals surface area contributed by atoms with Gasteiger partial charge < -0.3 is 30.6 Å². The quantitative estimate of drug-likeness (QED) is 0.225. The summed E-state index contributed by atoms with van der Waals surface area (Å²) in [5, 5.41) is 3.97. The number of amides is 2. The molecule has 0 radical (unpaired) electrons. The maximum Gasteiger partial charge on any atom is 0.277 e. The third-order valence-electron chi connectivity index (χ3n) is 8.82. The van der Waals surface area contributed by atoms with Crippen LogP contribution in [0.4, 0.5) is 15.9 Å². The molecule has 1 aromatic carbocycles. The smallest absolute Gasteiger partial charge is 0.277 e. The normalized spacial score (nSPS) is 16.3. The van der Waals surface area contributed by atoms with Crippen LogP contribution in [0.15, 0.2) is 66.4 Å². The Morgan fingerprint density at radius 3 is 2.22 bits per heavy atom. The van der Waals surface area contributed by atoms with E-state index in [-0.39, 0.29) is 5.91 Å². The van der Waals surface area contributed by atoms with Crippen molar-refractivity contribution < 1.29 is 18.7 Å². The van der Waals surface area contributed by atoms with Gasteiger partial charge in [0.15, 0.2) is 5.83 Å². The zero-order chi connectivity index (χ0) is 35.5. The Labute approximate surface area is 292 Å². The average molecular weight is 686 g/mol. The molecule has 13 heteroatoms. The number of ether oxygens (including phenoxy) is 1. The molecule has 4 N–H and O–H groups in total. The molecule has 7 rings (SSSR count). The minimum Gasteiger partial charge on any atom is -0.378 e. The van der Waals surface area contributed by atoms with Crippen molar-refractivity contribution in [3.05, 3.63) is 77.6 Å². The van der Waals surface area contributed by atoms with E-state index >= 15 is 0 Å². The number of pyridine rings is 1. The highest BCUT2D eigenvalue weighted by molar-refractivity contribution is 6.03. The van der Waals surface area contributed by atoms with Crippen molar-refractivity contribution in [3.8, 4) is 11.3 Å². The summed E-state index contributed by atoms with van der Waals surface area (Å²) in [6.07, 6.45) is 8.53. The van der Waals surface area contributed by atoms with Crippen molar-refractivity contribution in [1.29, 1.82) is 0 Å². The van der Waals surface area contributed by atoms with Gasteiger partial charge in [-0.2, -0.15) is 0 Å². The van der Waals surface area contributed by atoms with Crippen molar-refractivity contribution in [1.82, 2.24) is 29.7 Å². The maximum absolute atomic E-state index is 12.9. The molecule has 2 amide bonds. The molecular formula is C37H48FN9O3. The molecule has 4 aromatic rings. The van der Waals surface area contributed by atoms with Crippen LogP contribution >= 0.6 is 0 Å². The number of halogens is 1. The second kappa shape index (κ2) is 17.8. The fourth-order valence-corrected chi connectivity index (χ4v) is 5.83. The summed E-state index contributed by atoms with van der Waals surface area (Å²) in [5.41, 5.74) is 9.92. The number of nitrogens with two attached hydrogens (primary N) is 1. The predicted octanol–water partition coefficient (Wildman–Crippen LogP) is 5.15. The molecule has 6 heterocycles. The number of likely N-dealkylation sites (tertiary alicyclic amines) is 2. The number of fused-ring (bicyclic) bond motifs is 1. The fraction of sp³-hybridized carbons (Fsp3) is 0.432. The van der Waals surface area contributed by atoms with E-state index in [1.165, 1.54) is 52.6 Å². The van der Waals surface area contributed by atoms with Crippen LogP contribution in [0.5, 0.6) is 0 Å². The summed E-state index contributed by atoms with van der Waals surface area (Å²) in [6.45, 7) is 11.7. The number of carbonyl (C=O) groups excluding carboxylic acids is 2. The lowest BCUT2D eigenvalue weighted by atomic mass is 10.1. The number of aromatic amines is 1. The molecule has 3 aliphatic rings. The summed E-state index contributed by atoms with van der Waals surface area (Å²) in [5.74, 6) is -1.12. The number of hydrogen-bond donors (Lipinski definition) is 3. The van der Waals surface area contributed by atoms with Crippen LogP contribution in [0.2, 0.25) is 0 Å². The monoisotopic (exact) mass is 685 g/mol. The topological polar surface area (TPSA) is 146 Å². The van der Waals surface area contributed by atoms with Crippen LogP contribution in [0.25, 0.3) is 22.3 Å². The lowest BCUT2D eigenvalue weighted by Gasteiger charge is -2.27. The Morgan fingerprint density at radius 1 is 0.920 bits per heavy atom. The summed E-state index contributed by atoms with van der Waals surface area (Å²) in [6, 6.07) is 13.8. The predicted molar refractivity (Wildman–Crippen MR) is 194 cm³/mol. The lowest BCUT2D eigenvalue weighted by Crippen LogP contribution is -2.36. The molecule has 3 aliphatic heterocycles. The zero-order valence-electron chi connectivity index (χ0n) is 29.3. The number of piperidine rings is 1. The summed E-state index contributed by atoms with van der Waals surface area (Å²) in [4.78, 5) is 46.5. The van der Waals surface area contributed by atoms with Gasteiger partial charge in [-0.05, 0) is 113 Å². The lowest BCUT2D eigenvalue weighted by molar-refractivity contribution is -0.116. The molecule has 3 aromatic heterocycles. The number of rotatable bonds is 7. The van der Waals surface area contributed by atoms with Gasteiger partial charge in [0.2, 0.25) is 0 Å². The van der Waals surface area contributed by atoms with E-state index in [9.17, 15) is 14.0 Å². The molecule has 266 valence electrons. The molecule has 50 heavy (non-hydrogen) atoms. The largest absolute Gasteiger partial charge is 0.378 e. The number of allylic oxidation sites excluding steroid dienone is 1. The van der Waals surface area contributed by atoms with E-state index < -0.39 is 11.7 Å². The molecule has 0 spiro atoms. The number of morpholine rings is 1. The molecule has 0 saturated carbocycles. The number of nitrogens with one attached hydrogen (secondary N) is 2. The molecule has 0 bridgehead atoms. The van der Waals surface area contributed by atoms with Crippen LogP contribution < -0.4 is 16.0 Å². The second-order valence-corrected chi connectivity index (χ2v) is 13.0. The Morgan fingerprint density at radius 2 is 1.62 bits per heavy atom. The van der Waals surface area contributed by atoms with E-state index in [1.807, 2.05) is 36.4 Å². The highest BCUT2D eigenvalue weighted by Crippen LogP contribution is 2.30. The van der Waals surface area contributed by atoms with Gasteiger partial charge in [0.1, 0.15) is 23.5 Å². The summed E-state index contributed by atoms with van der Waals surface area (Å²) < 4.78 is 17.5. The second-order valence-electron chi connectivity index (χ2n) is 13.0. The standard InChI is InChI=1S/C28H31N7O2.C5H8FNO.C4H9N/c36-28(25-16-20(8-9-29-25)18-34-10-2-1-3-11-34)32-22-6-4-21(5-7-22)24-17-23-26(33-24)30-19-31-27(23)35-12-14-37-15-13-35;1-3(2)4(6)5(7)8;1-5-3-2-4-5/h4-9,16-17,19H,1-3,10-15,18H2,(H,32,36)(H,30,31,33);1-2H3,(H2,7,8);2-4H2,1H3. The van der Waals surface area contributed by atoms with Crippen LogP contribution in [-0.2, 0) is 16.1 Å². The van der Waals surface area contributed by atoms with Gasteiger partial charge in [-0.1, -0.05) is 18.6 Å². The van der Waals surface area contributed by atoms with Gasteiger partial charge in [0, 0.05) is 37.2 Å². The van der Waals surface area contributed by atoms with Crippen molar-refractivity contribution in [3.63, 3.8) is 0 Å². The first-order valence-corrected chi connectivity index (χ1v) is 17.2. The molecule has 12 nitrogen and oxygen atoms in total. The number of primary amides is 1. The number of anilines is 2. The maximum atomic E-state index is 12.9. The highest BCUT2D eigenvalue weighted by atomic mass is 19.1. The van der Waals surface area contributed by atoms with Crippen LogP contribution in [0, 0.1) is 0 Å².